The van der Waals surface area contributed by atoms with Crippen LogP contribution in [0.3, 0.4) is 0 Å². The van der Waals surface area contributed by atoms with Gasteiger partial charge in [-0.05, 0) is 18.8 Å². The molecule has 3 heteroatoms. The third-order valence-corrected chi connectivity index (χ3v) is 3.26. The van der Waals surface area contributed by atoms with Crippen molar-refractivity contribution in [3.63, 3.8) is 0 Å². The third kappa shape index (κ3) is 2.59. The lowest BCUT2D eigenvalue weighted by Crippen LogP contribution is -2.19. The summed E-state index contributed by atoms with van der Waals surface area (Å²) in [6, 6.07) is 0.764. The number of aromatic nitrogens is 2. The zero-order valence-corrected chi connectivity index (χ0v) is 9.74. The molecular formula is C12H21N3. The second kappa shape index (κ2) is 4.79. The summed E-state index contributed by atoms with van der Waals surface area (Å²) in [4.78, 5) is 4.20. The molecule has 1 heterocycles. The fourth-order valence-electron chi connectivity index (χ4n) is 2.12. The second-order valence-electron chi connectivity index (χ2n) is 4.47. The average molecular weight is 207 g/mol. The Morgan fingerprint density at radius 2 is 2.40 bits per heavy atom. The smallest absolute Gasteiger partial charge is 0.0948 e. The van der Waals surface area contributed by atoms with Crippen LogP contribution in [0.4, 0.5) is 0 Å². The van der Waals surface area contributed by atoms with Gasteiger partial charge in [-0.15, -0.1) is 0 Å². The van der Waals surface area contributed by atoms with Crippen molar-refractivity contribution in [3.05, 3.63) is 18.2 Å². The molecule has 1 N–H and O–H groups in total. The van der Waals surface area contributed by atoms with E-state index in [1.54, 1.807) is 0 Å². The van der Waals surface area contributed by atoms with Gasteiger partial charge in [0.15, 0.2) is 0 Å². The van der Waals surface area contributed by atoms with Crippen LogP contribution < -0.4 is 5.32 Å². The van der Waals surface area contributed by atoms with E-state index in [2.05, 4.69) is 28.7 Å². The third-order valence-electron chi connectivity index (χ3n) is 3.26. The number of imidazole rings is 1. The summed E-state index contributed by atoms with van der Waals surface area (Å²) in [5.74, 6) is 0.924. The van der Waals surface area contributed by atoms with E-state index in [1.165, 1.54) is 25.0 Å². The van der Waals surface area contributed by atoms with Gasteiger partial charge in [0.25, 0.3) is 0 Å². The lowest BCUT2D eigenvalue weighted by Gasteiger charge is -2.07. The zero-order valence-electron chi connectivity index (χ0n) is 9.74. The monoisotopic (exact) mass is 207 g/mol. The normalized spacial score (nSPS) is 24.4. The summed E-state index contributed by atoms with van der Waals surface area (Å²) < 4.78 is 2.25. The number of rotatable bonds is 6. The maximum Gasteiger partial charge on any atom is 0.0948 e. The van der Waals surface area contributed by atoms with Crippen molar-refractivity contribution in [3.8, 4) is 0 Å². The van der Waals surface area contributed by atoms with Crippen molar-refractivity contribution in [2.45, 2.75) is 52.2 Å². The molecule has 0 aromatic carbocycles. The van der Waals surface area contributed by atoms with Crippen LogP contribution in [-0.2, 0) is 13.1 Å². The molecule has 84 valence electrons. The molecule has 1 fully saturated rings. The molecule has 2 atom stereocenters. The van der Waals surface area contributed by atoms with Gasteiger partial charge >= 0.3 is 0 Å². The number of aryl methyl sites for hydroxylation is 1. The molecule has 0 aliphatic heterocycles. The van der Waals surface area contributed by atoms with E-state index >= 15 is 0 Å². The van der Waals surface area contributed by atoms with Gasteiger partial charge in [0, 0.05) is 25.3 Å². The van der Waals surface area contributed by atoms with Gasteiger partial charge in [-0.25, -0.2) is 4.98 Å². The highest BCUT2D eigenvalue weighted by Gasteiger charge is 2.34. The Labute approximate surface area is 91.9 Å². The van der Waals surface area contributed by atoms with Crippen molar-refractivity contribution in [1.82, 2.24) is 14.9 Å². The molecule has 2 unspecified atom stereocenters. The fourth-order valence-corrected chi connectivity index (χ4v) is 2.12. The van der Waals surface area contributed by atoms with E-state index in [1.807, 2.05) is 12.5 Å². The lowest BCUT2D eigenvalue weighted by molar-refractivity contribution is 0.577. The molecular weight excluding hydrogens is 186 g/mol. The van der Waals surface area contributed by atoms with Crippen molar-refractivity contribution >= 4 is 0 Å². The summed E-state index contributed by atoms with van der Waals surface area (Å²) in [6.45, 7) is 6.53. The molecule has 0 amide bonds. The van der Waals surface area contributed by atoms with E-state index in [4.69, 9.17) is 0 Å². The van der Waals surface area contributed by atoms with E-state index in [-0.39, 0.29) is 0 Å². The Morgan fingerprint density at radius 3 is 3.07 bits per heavy atom. The Kier molecular flexibility index (Phi) is 3.41. The van der Waals surface area contributed by atoms with Crippen molar-refractivity contribution in [2.75, 3.05) is 0 Å². The van der Waals surface area contributed by atoms with E-state index < -0.39 is 0 Å². The van der Waals surface area contributed by atoms with Crippen LogP contribution in [0.25, 0.3) is 0 Å². The molecule has 15 heavy (non-hydrogen) atoms. The predicted octanol–water partition coefficient (Wildman–Crippen LogP) is 2.18. The van der Waals surface area contributed by atoms with Crippen LogP contribution in [0, 0.1) is 5.92 Å². The Balaban J connectivity index is 1.80. The summed E-state index contributed by atoms with van der Waals surface area (Å²) in [5, 5.41) is 3.60. The SMILES string of the molecule is CCCn1cncc1CNC1CC1CC. The van der Waals surface area contributed by atoms with Crippen LogP contribution in [0.2, 0.25) is 0 Å². The Bertz CT molecular complexity index is 306. The molecule has 0 saturated heterocycles. The van der Waals surface area contributed by atoms with Gasteiger partial charge in [-0.2, -0.15) is 0 Å². The maximum atomic E-state index is 4.20. The molecule has 1 aliphatic carbocycles. The van der Waals surface area contributed by atoms with Crippen LogP contribution in [-0.4, -0.2) is 15.6 Å². The average Bonchev–Trinajstić information content (AvgIpc) is 2.88. The van der Waals surface area contributed by atoms with Crippen LogP contribution in [0.1, 0.15) is 38.8 Å². The first-order valence-corrected chi connectivity index (χ1v) is 6.07. The highest BCUT2D eigenvalue weighted by Crippen LogP contribution is 2.33. The molecule has 1 saturated carbocycles. The van der Waals surface area contributed by atoms with Crippen molar-refractivity contribution in [2.24, 2.45) is 5.92 Å². The maximum absolute atomic E-state index is 4.20. The standard InChI is InChI=1S/C12H21N3/c1-3-5-15-9-13-7-11(15)8-14-12-6-10(12)4-2/h7,9-10,12,14H,3-6,8H2,1-2H3. The minimum Gasteiger partial charge on any atom is -0.333 e. The first kappa shape index (κ1) is 10.7. The molecule has 1 aliphatic rings. The Hall–Kier alpha value is -0.830. The summed E-state index contributed by atoms with van der Waals surface area (Å²) in [5.41, 5.74) is 1.32. The van der Waals surface area contributed by atoms with Crippen LogP contribution >= 0.6 is 0 Å². The van der Waals surface area contributed by atoms with Gasteiger partial charge in [-0.1, -0.05) is 20.3 Å². The second-order valence-corrected chi connectivity index (χ2v) is 4.47. The first-order valence-electron chi connectivity index (χ1n) is 6.07. The summed E-state index contributed by atoms with van der Waals surface area (Å²) in [6.07, 6.45) is 7.76. The number of nitrogens with one attached hydrogen (secondary N) is 1. The van der Waals surface area contributed by atoms with Crippen LogP contribution in [0.5, 0.6) is 0 Å². The highest BCUT2D eigenvalue weighted by molar-refractivity contribution is 5.01. The quantitative estimate of drug-likeness (QED) is 0.775. The van der Waals surface area contributed by atoms with Gasteiger partial charge in [0.2, 0.25) is 0 Å². The number of hydrogen-bond donors (Lipinski definition) is 1. The molecule has 0 spiro atoms. The minimum atomic E-state index is 0.764. The van der Waals surface area contributed by atoms with Gasteiger partial charge < -0.3 is 9.88 Å². The minimum absolute atomic E-state index is 0.764. The molecule has 2 rings (SSSR count). The van der Waals surface area contributed by atoms with Crippen molar-refractivity contribution < 1.29 is 0 Å². The number of hydrogen-bond acceptors (Lipinski definition) is 2. The van der Waals surface area contributed by atoms with Crippen molar-refractivity contribution in [1.29, 1.82) is 0 Å². The molecule has 0 radical (unpaired) electrons. The predicted molar refractivity (Wildman–Crippen MR) is 61.5 cm³/mol. The first-order chi connectivity index (χ1) is 7.35. The van der Waals surface area contributed by atoms with E-state index in [0.717, 1.165) is 25.0 Å². The topological polar surface area (TPSA) is 29.9 Å². The van der Waals surface area contributed by atoms with Crippen LogP contribution in [0.15, 0.2) is 12.5 Å². The summed E-state index contributed by atoms with van der Waals surface area (Å²) >= 11 is 0. The molecule has 1 aromatic heterocycles. The van der Waals surface area contributed by atoms with Gasteiger partial charge in [-0.3, -0.25) is 0 Å². The van der Waals surface area contributed by atoms with E-state index in [9.17, 15) is 0 Å². The molecule has 0 bridgehead atoms. The summed E-state index contributed by atoms with van der Waals surface area (Å²) in [7, 11) is 0. The Morgan fingerprint density at radius 1 is 1.53 bits per heavy atom. The fraction of sp³-hybridized carbons (Fsp3) is 0.750. The van der Waals surface area contributed by atoms with Gasteiger partial charge in [0.1, 0.15) is 0 Å². The molecule has 3 nitrogen and oxygen atoms in total. The zero-order chi connectivity index (χ0) is 10.7. The molecule has 1 aromatic rings. The largest absolute Gasteiger partial charge is 0.333 e. The van der Waals surface area contributed by atoms with E-state index in [0.29, 0.717) is 0 Å². The lowest BCUT2D eigenvalue weighted by atomic mass is 10.3. The number of nitrogens with zero attached hydrogens (tertiary/aromatic N) is 2. The van der Waals surface area contributed by atoms with Gasteiger partial charge in [0.05, 0.1) is 12.0 Å². The highest BCUT2D eigenvalue weighted by atomic mass is 15.1.